The quantitative estimate of drug-likeness (QED) is 0.368. The van der Waals surface area contributed by atoms with Crippen LogP contribution in [0.2, 0.25) is 15.1 Å². The van der Waals surface area contributed by atoms with Crippen LogP contribution in [0.25, 0.3) is 0 Å². The molecule has 0 unspecified atom stereocenters. The molecule has 3 aromatic carbocycles. The molecule has 0 saturated carbocycles. The molecule has 31 heavy (non-hydrogen) atoms. The SMILES string of the molecule is O=C(CSCc1ccc(Cl)c(Cl)c1)Nc1ccc(S(=O)(=O)Nc2ccc(Cl)cc2)cc1. The smallest absolute Gasteiger partial charge is 0.261 e. The first-order valence-corrected chi connectivity index (χ1v) is 12.7. The van der Waals surface area contributed by atoms with Gasteiger partial charge in [-0.25, -0.2) is 8.42 Å². The molecule has 162 valence electrons. The van der Waals surface area contributed by atoms with E-state index in [4.69, 9.17) is 34.8 Å². The highest BCUT2D eigenvalue weighted by Gasteiger charge is 2.14. The Balaban J connectivity index is 1.52. The number of rotatable bonds is 8. The van der Waals surface area contributed by atoms with Crippen molar-refractivity contribution in [3.8, 4) is 0 Å². The molecule has 2 N–H and O–H groups in total. The van der Waals surface area contributed by atoms with Crippen LogP contribution in [0.15, 0.2) is 71.6 Å². The predicted molar refractivity (Wildman–Crippen MR) is 130 cm³/mol. The van der Waals surface area contributed by atoms with Crippen molar-refractivity contribution in [3.63, 3.8) is 0 Å². The fourth-order valence-electron chi connectivity index (χ4n) is 2.54. The highest BCUT2D eigenvalue weighted by Crippen LogP contribution is 2.25. The fourth-order valence-corrected chi connectivity index (χ4v) is 4.82. The van der Waals surface area contributed by atoms with Gasteiger partial charge >= 0.3 is 0 Å². The van der Waals surface area contributed by atoms with E-state index in [2.05, 4.69) is 10.0 Å². The van der Waals surface area contributed by atoms with E-state index < -0.39 is 10.0 Å². The maximum atomic E-state index is 12.5. The molecular formula is C21H17Cl3N2O3S2. The van der Waals surface area contributed by atoms with Gasteiger partial charge in [-0.2, -0.15) is 0 Å². The summed E-state index contributed by atoms with van der Waals surface area (Å²) in [4.78, 5) is 12.2. The zero-order valence-corrected chi connectivity index (χ0v) is 19.8. The molecule has 10 heteroatoms. The third-order valence-electron chi connectivity index (χ3n) is 4.03. The van der Waals surface area contributed by atoms with E-state index in [0.717, 1.165) is 5.56 Å². The number of nitrogens with one attached hydrogen (secondary N) is 2. The van der Waals surface area contributed by atoms with Crippen molar-refractivity contribution in [3.05, 3.63) is 87.4 Å². The van der Waals surface area contributed by atoms with E-state index in [0.29, 0.717) is 32.2 Å². The molecule has 0 aliphatic heterocycles. The average molecular weight is 516 g/mol. The molecule has 0 heterocycles. The van der Waals surface area contributed by atoms with Crippen molar-refractivity contribution >= 4 is 73.9 Å². The first kappa shape index (κ1) is 23.8. The molecule has 0 aliphatic carbocycles. The summed E-state index contributed by atoms with van der Waals surface area (Å²) < 4.78 is 27.5. The Morgan fingerprint density at radius 1 is 0.839 bits per heavy atom. The molecule has 0 atom stereocenters. The van der Waals surface area contributed by atoms with Crippen LogP contribution in [0, 0.1) is 0 Å². The Hall–Kier alpha value is -1.90. The van der Waals surface area contributed by atoms with Gasteiger partial charge < -0.3 is 5.32 Å². The van der Waals surface area contributed by atoms with Crippen molar-refractivity contribution < 1.29 is 13.2 Å². The number of thioether (sulfide) groups is 1. The van der Waals surface area contributed by atoms with Crippen molar-refractivity contribution in [1.29, 1.82) is 0 Å². The van der Waals surface area contributed by atoms with Gasteiger partial charge in [0, 0.05) is 22.2 Å². The molecule has 5 nitrogen and oxygen atoms in total. The lowest BCUT2D eigenvalue weighted by molar-refractivity contribution is -0.113. The number of amides is 1. The third kappa shape index (κ3) is 7.05. The van der Waals surface area contributed by atoms with Crippen LogP contribution >= 0.6 is 46.6 Å². The van der Waals surface area contributed by atoms with E-state index in [-0.39, 0.29) is 16.6 Å². The third-order valence-corrected chi connectivity index (χ3v) is 7.42. The van der Waals surface area contributed by atoms with Crippen LogP contribution in [-0.2, 0) is 20.6 Å². The van der Waals surface area contributed by atoms with Crippen LogP contribution in [0.5, 0.6) is 0 Å². The lowest BCUT2D eigenvalue weighted by Crippen LogP contribution is -2.15. The van der Waals surface area contributed by atoms with Gasteiger partial charge in [-0.1, -0.05) is 40.9 Å². The van der Waals surface area contributed by atoms with Crippen LogP contribution in [0.3, 0.4) is 0 Å². The van der Waals surface area contributed by atoms with Gasteiger partial charge in [0.2, 0.25) is 5.91 Å². The van der Waals surface area contributed by atoms with Crippen LogP contribution in [-0.4, -0.2) is 20.1 Å². The topological polar surface area (TPSA) is 75.3 Å². The largest absolute Gasteiger partial charge is 0.325 e. The lowest BCUT2D eigenvalue weighted by Gasteiger charge is -2.10. The first-order chi connectivity index (χ1) is 14.7. The van der Waals surface area contributed by atoms with E-state index in [1.54, 1.807) is 36.4 Å². The first-order valence-electron chi connectivity index (χ1n) is 8.93. The van der Waals surface area contributed by atoms with E-state index in [1.165, 1.54) is 36.0 Å². The van der Waals surface area contributed by atoms with Crippen molar-refractivity contribution in [2.24, 2.45) is 0 Å². The van der Waals surface area contributed by atoms with Gasteiger partial charge in [-0.3, -0.25) is 9.52 Å². The molecule has 3 aromatic rings. The Morgan fingerprint density at radius 2 is 1.48 bits per heavy atom. The Kier molecular flexibility index (Phi) is 8.13. The van der Waals surface area contributed by atoms with Crippen LogP contribution < -0.4 is 10.0 Å². The van der Waals surface area contributed by atoms with Gasteiger partial charge in [0.1, 0.15) is 0 Å². The molecular weight excluding hydrogens is 499 g/mol. The maximum Gasteiger partial charge on any atom is 0.261 e. The Morgan fingerprint density at radius 3 is 2.13 bits per heavy atom. The summed E-state index contributed by atoms with van der Waals surface area (Å²) in [6.45, 7) is 0. The maximum absolute atomic E-state index is 12.5. The number of anilines is 2. The molecule has 0 aromatic heterocycles. The molecule has 0 spiro atoms. The van der Waals surface area contributed by atoms with Gasteiger partial charge in [0.15, 0.2) is 0 Å². The zero-order valence-electron chi connectivity index (χ0n) is 15.9. The van der Waals surface area contributed by atoms with Crippen LogP contribution in [0.4, 0.5) is 11.4 Å². The summed E-state index contributed by atoms with van der Waals surface area (Å²) in [5.41, 5.74) is 1.88. The molecule has 1 amide bonds. The standard InChI is InChI=1S/C21H17Cl3N2O3S2/c22-15-2-4-17(5-3-15)26-31(28,29)18-8-6-16(7-9-18)25-21(27)13-30-12-14-1-10-19(23)20(24)11-14/h1-11,26H,12-13H2,(H,25,27). The van der Waals surface area contributed by atoms with E-state index in [1.807, 2.05) is 6.07 Å². The summed E-state index contributed by atoms with van der Waals surface area (Å²) in [5.74, 6) is 0.649. The van der Waals surface area contributed by atoms with Gasteiger partial charge in [0.05, 0.1) is 20.7 Å². The number of hydrogen-bond acceptors (Lipinski definition) is 4. The summed E-state index contributed by atoms with van der Waals surface area (Å²) >= 11 is 19.1. The minimum atomic E-state index is -3.75. The second kappa shape index (κ2) is 10.6. The minimum absolute atomic E-state index is 0.0782. The minimum Gasteiger partial charge on any atom is -0.325 e. The summed E-state index contributed by atoms with van der Waals surface area (Å²) in [6, 6.07) is 17.6. The molecule has 0 aliphatic rings. The molecule has 0 saturated heterocycles. The second-order valence-corrected chi connectivity index (χ2v) is 10.3. The lowest BCUT2D eigenvalue weighted by atomic mass is 10.2. The number of hydrogen-bond donors (Lipinski definition) is 2. The van der Waals surface area contributed by atoms with Crippen molar-refractivity contribution in [2.45, 2.75) is 10.6 Å². The van der Waals surface area contributed by atoms with Crippen molar-refractivity contribution in [1.82, 2.24) is 0 Å². The highest BCUT2D eigenvalue weighted by molar-refractivity contribution is 7.99. The monoisotopic (exact) mass is 514 g/mol. The summed E-state index contributed by atoms with van der Waals surface area (Å²) in [6.07, 6.45) is 0. The number of sulfonamides is 1. The molecule has 0 fully saturated rings. The highest BCUT2D eigenvalue weighted by atomic mass is 35.5. The summed E-state index contributed by atoms with van der Waals surface area (Å²) in [7, 11) is -3.75. The van der Waals surface area contributed by atoms with Gasteiger partial charge in [-0.15, -0.1) is 11.8 Å². The van der Waals surface area contributed by atoms with Crippen LogP contribution in [0.1, 0.15) is 5.56 Å². The predicted octanol–water partition coefficient (Wildman–Crippen LogP) is 6.32. The number of halogens is 3. The Labute approximate surface area is 200 Å². The molecule has 0 bridgehead atoms. The number of benzene rings is 3. The normalized spacial score (nSPS) is 11.2. The Bertz CT molecular complexity index is 1170. The second-order valence-electron chi connectivity index (χ2n) is 6.43. The fraction of sp³-hybridized carbons (Fsp3) is 0.0952. The van der Waals surface area contributed by atoms with Crippen molar-refractivity contribution in [2.75, 3.05) is 15.8 Å². The molecule has 0 radical (unpaired) electrons. The number of carbonyl (C=O) groups excluding carboxylic acids is 1. The van der Waals surface area contributed by atoms with E-state index in [9.17, 15) is 13.2 Å². The molecule has 3 rings (SSSR count). The summed E-state index contributed by atoms with van der Waals surface area (Å²) in [5, 5.41) is 4.22. The number of carbonyl (C=O) groups is 1. The van der Waals surface area contributed by atoms with Gasteiger partial charge in [0.25, 0.3) is 10.0 Å². The van der Waals surface area contributed by atoms with E-state index >= 15 is 0 Å². The average Bonchev–Trinajstić information content (AvgIpc) is 2.72. The van der Waals surface area contributed by atoms with Gasteiger partial charge in [-0.05, 0) is 66.2 Å². The zero-order chi connectivity index (χ0) is 22.4.